The van der Waals surface area contributed by atoms with E-state index < -0.39 is 0 Å². The summed E-state index contributed by atoms with van der Waals surface area (Å²) in [5, 5.41) is 4.69. The standard InChI is InChI=1S/C22H33N5S/c1-15-5-7-18(8-6-15)20-16(2)21(28-17(20)3)25-22-23-13-19(14-24-22)27-11-9-26(4)10-12-27/h13-15,18H,5-12H2,1-4H3,(H,23,24,25). The van der Waals surface area contributed by atoms with E-state index in [-0.39, 0.29) is 0 Å². The van der Waals surface area contributed by atoms with Gasteiger partial charge in [0.05, 0.1) is 23.1 Å². The molecular weight excluding hydrogens is 366 g/mol. The fourth-order valence-electron chi connectivity index (χ4n) is 4.65. The van der Waals surface area contributed by atoms with Gasteiger partial charge in [-0.15, -0.1) is 11.3 Å². The van der Waals surface area contributed by atoms with E-state index in [4.69, 9.17) is 0 Å². The number of rotatable bonds is 4. The summed E-state index contributed by atoms with van der Waals surface area (Å²) in [4.78, 5) is 15.4. The highest BCUT2D eigenvalue weighted by molar-refractivity contribution is 7.16. The van der Waals surface area contributed by atoms with Gasteiger partial charge in [0.1, 0.15) is 0 Å². The number of hydrogen-bond acceptors (Lipinski definition) is 6. The fourth-order valence-corrected chi connectivity index (χ4v) is 5.79. The number of nitrogens with one attached hydrogen (secondary N) is 1. The van der Waals surface area contributed by atoms with Crippen LogP contribution in [0, 0.1) is 19.8 Å². The van der Waals surface area contributed by atoms with Crippen LogP contribution in [0.2, 0.25) is 0 Å². The Labute approximate surface area is 173 Å². The Morgan fingerprint density at radius 1 is 1.00 bits per heavy atom. The summed E-state index contributed by atoms with van der Waals surface area (Å²) in [6.07, 6.45) is 9.29. The number of likely N-dealkylation sites (N-methyl/N-ethyl adjacent to an activating group) is 1. The number of aromatic nitrogens is 2. The van der Waals surface area contributed by atoms with Crippen molar-refractivity contribution in [1.29, 1.82) is 0 Å². The van der Waals surface area contributed by atoms with E-state index in [2.05, 4.69) is 52.9 Å². The summed E-state index contributed by atoms with van der Waals surface area (Å²) < 4.78 is 0. The second-order valence-corrected chi connectivity index (χ2v) is 9.89. The molecule has 0 unspecified atom stereocenters. The first-order valence-electron chi connectivity index (χ1n) is 10.6. The number of hydrogen-bond donors (Lipinski definition) is 1. The van der Waals surface area contributed by atoms with E-state index in [0.717, 1.165) is 43.7 Å². The molecule has 3 heterocycles. The van der Waals surface area contributed by atoms with Crippen LogP contribution in [0.25, 0.3) is 0 Å². The third-order valence-electron chi connectivity index (χ3n) is 6.54. The quantitative estimate of drug-likeness (QED) is 0.788. The lowest BCUT2D eigenvalue weighted by Gasteiger charge is -2.33. The molecule has 2 aliphatic rings. The first-order chi connectivity index (χ1) is 13.5. The number of anilines is 3. The molecule has 28 heavy (non-hydrogen) atoms. The maximum Gasteiger partial charge on any atom is 0.227 e. The van der Waals surface area contributed by atoms with E-state index in [9.17, 15) is 0 Å². The van der Waals surface area contributed by atoms with E-state index in [1.807, 2.05) is 23.7 Å². The number of thiophene rings is 1. The molecule has 2 fully saturated rings. The van der Waals surface area contributed by atoms with E-state index in [0.29, 0.717) is 5.95 Å². The number of aryl methyl sites for hydroxylation is 1. The molecule has 0 spiro atoms. The van der Waals surface area contributed by atoms with Crippen molar-refractivity contribution < 1.29 is 0 Å². The monoisotopic (exact) mass is 399 g/mol. The normalized spacial score (nSPS) is 23.8. The van der Waals surface area contributed by atoms with Crippen LogP contribution in [0.3, 0.4) is 0 Å². The molecule has 2 aromatic rings. The van der Waals surface area contributed by atoms with Crippen LogP contribution in [-0.2, 0) is 0 Å². The van der Waals surface area contributed by atoms with Crippen molar-refractivity contribution in [2.24, 2.45) is 5.92 Å². The van der Waals surface area contributed by atoms with Gasteiger partial charge in [-0.3, -0.25) is 0 Å². The highest BCUT2D eigenvalue weighted by Gasteiger charge is 2.25. The van der Waals surface area contributed by atoms with Crippen molar-refractivity contribution in [2.45, 2.75) is 52.4 Å². The Hall–Kier alpha value is -1.66. The molecule has 6 heteroatoms. The molecule has 5 nitrogen and oxygen atoms in total. The maximum atomic E-state index is 4.60. The van der Waals surface area contributed by atoms with Gasteiger partial charge in [-0.2, -0.15) is 0 Å². The SMILES string of the molecule is Cc1sc(Nc2ncc(N3CCN(C)CC3)cn2)c(C)c1C1CCC(C)CC1. The lowest BCUT2D eigenvalue weighted by atomic mass is 9.78. The van der Waals surface area contributed by atoms with Gasteiger partial charge >= 0.3 is 0 Å². The minimum absolute atomic E-state index is 0.700. The van der Waals surface area contributed by atoms with Crippen LogP contribution >= 0.6 is 11.3 Å². The largest absolute Gasteiger partial charge is 0.366 e. The smallest absolute Gasteiger partial charge is 0.227 e. The average Bonchev–Trinajstić information content (AvgIpc) is 2.97. The maximum absolute atomic E-state index is 4.60. The summed E-state index contributed by atoms with van der Waals surface area (Å²) in [7, 11) is 2.17. The van der Waals surface area contributed by atoms with Crippen molar-refractivity contribution in [2.75, 3.05) is 43.4 Å². The van der Waals surface area contributed by atoms with Gasteiger partial charge in [-0.25, -0.2) is 9.97 Å². The summed E-state index contributed by atoms with van der Waals surface area (Å²) in [5.41, 5.74) is 4.09. The lowest BCUT2D eigenvalue weighted by molar-refractivity contribution is 0.312. The Morgan fingerprint density at radius 3 is 2.29 bits per heavy atom. The molecule has 0 amide bonds. The minimum atomic E-state index is 0.700. The van der Waals surface area contributed by atoms with Crippen LogP contribution in [0.5, 0.6) is 0 Å². The van der Waals surface area contributed by atoms with Gasteiger partial charge in [0, 0.05) is 31.1 Å². The Balaban J connectivity index is 1.45. The molecule has 1 aliphatic carbocycles. The summed E-state index contributed by atoms with van der Waals surface area (Å²) in [5.74, 6) is 2.31. The molecule has 1 N–H and O–H groups in total. The summed E-state index contributed by atoms with van der Waals surface area (Å²) >= 11 is 1.86. The minimum Gasteiger partial charge on any atom is -0.366 e. The first-order valence-corrected chi connectivity index (χ1v) is 11.5. The van der Waals surface area contributed by atoms with Crippen LogP contribution in [-0.4, -0.2) is 48.1 Å². The zero-order chi connectivity index (χ0) is 19.7. The van der Waals surface area contributed by atoms with Crippen molar-refractivity contribution in [3.05, 3.63) is 28.4 Å². The van der Waals surface area contributed by atoms with Crippen LogP contribution in [0.1, 0.15) is 54.5 Å². The van der Waals surface area contributed by atoms with Crippen LogP contribution in [0.4, 0.5) is 16.6 Å². The highest BCUT2D eigenvalue weighted by atomic mass is 32.1. The van der Waals surface area contributed by atoms with E-state index in [1.165, 1.54) is 41.1 Å². The van der Waals surface area contributed by atoms with Crippen molar-refractivity contribution >= 4 is 28.0 Å². The predicted octanol–water partition coefficient (Wildman–Crippen LogP) is 4.94. The van der Waals surface area contributed by atoms with Crippen molar-refractivity contribution in [1.82, 2.24) is 14.9 Å². The van der Waals surface area contributed by atoms with Crippen LogP contribution < -0.4 is 10.2 Å². The molecule has 1 saturated carbocycles. The highest BCUT2D eigenvalue weighted by Crippen LogP contribution is 2.44. The topological polar surface area (TPSA) is 44.3 Å². The van der Waals surface area contributed by atoms with Crippen molar-refractivity contribution in [3.8, 4) is 0 Å². The zero-order valence-corrected chi connectivity index (χ0v) is 18.5. The third kappa shape index (κ3) is 4.18. The van der Waals surface area contributed by atoms with E-state index >= 15 is 0 Å². The number of nitrogens with zero attached hydrogens (tertiary/aromatic N) is 4. The molecule has 0 radical (unpaired) electrons. The lowest BCUT2D eigenvalue weighted by Crippen LogP contribution is -2.44. The van der Waals surface area contributed by atoms with Gasteiger partial charge in [0.2, 0.25) is 5.95 Å². The molecular formula is C22H33N5S. The Kier molecular flexibility index (Phi) is 5.88. The number of piperazine rings is 1. The van der Waals surface area contributed by atoms with Gasteiger partial charge in [0.15, 0.2) is 0 Å². The predicted molar refractivity (Wildman–Crippen MR) is 119 cm³/mol. The second kappa shape index (κ2) is 8.37. The molecule has 1 saturated heterocycles. The molecule has 0 bridgehead atoms. The molecule has 0 atom stereocenters. The third-order valence-corrected chi connectivity index (χ3v) is 7.67. The average molecular weight is 400 g/mol. The molecule has 4 rings (SSSR count). The van der Waals surface area contributed by atoms with Gasteiger partial charge in [0.25, 0.3) is 0 Å². The zero-order valence-electron chi connectivity index (χ0n) is 17.7. The first kappa shape index (κ1) is 19.6. The van der Waals surface area contributed by atoms with Gasteiger partial charge in [-0.05, 0) is 56.7 Å². The Morgan fingerprint density at radius 2 is 1.64 bits per heavy atom. The van der Waals surface area contributed by atoms with Gasteiger partial charge in [-0.1, -0.05) is 19.8 Å². The Bertz CT molecular complexity index is 784. The summed E-state index contributed by atoms with van der Waals surface area (Å²) in [6.45, 7) is 11.2. The van der Waals surface area contributed by atoms with E-state index in [1.54, 1.807) is 5.56 Å². The van der Waals surface area contributed by atoms with Crippen molar-refractivity contribution in [3.63, 3.8) is 0 Å². The molecule has 0 aromatic carbocycles. The van der Waals surface area contributed by atoms with Crippen LogP contribution in [0.15, 0.2) is 12.4 Å². The summed E-state index contributed by atoms with van der Waals surface area (Å²) in [6, 6.07) is 0. The molecule has 1 aliphatic heterocycles. The molecule has 2 aromatic heterocycles. The second-order valence-electron chi connectivity index (χ2n) is 8.66. The van der Waals surface area contributed by atoms with Gasteiger partial charge < -0.3 is 15.1 Å². The fraction of sp³-hybridized carbons (Fsp3) is 0.636. The molecule has 152 valence electrons.